The number of fused-ring (bicyclic) bond motifs is 3. The Labute approximate surface area is 184 Å². The standard InChI is InChI=1S/C22H26FN7O2/c1-3-30-11-25-16-8-14(18(31)9-13(16)22(30)32)21-24-10-19(27-28-21)29(2)17-7-12-5-4-6-15(26-12)20(17)23/h8-12,15,17,20,26,31H,3-7H2,1-2H3/t12?,15?,17-,20+/m0/s1. The maximum atomic E-state index is 15.0. The molecule has 2 aromatic heterocycles. The molecule has 10 heteroatoms. The fourth-order valence-electron chi connectivity index (χ4n) is 4.87. The summed E-state index contributed by atoms with van der Waals surface area (Å²) in [6.45, 7) is 2.34. The third-order valence-corrected chi connectivity index (χ3v) is 6.73. The lowest BCUT2D eigenvalue weighted by Crippen LogP contribution is -2.61. The number of nitrogens with zero attached hydrogens (tertiary/aromatic N) is 6. The van der Waals surface area contributed by atoms with Crippen LogP contribution in [0.3, 0.4) is 0 Å². The smallest absolute Gasteiger partial charge is 0.261 e. The van der Waals surface area contributed by atoms with Crippen LogP contribution < -0.4 is 15.8 Å². The number of benzene rings is 1. The predicted molar refractivity (Wildman–Crippen MR) is 118 cm³/mol. The van der Waals surface area contributed by atoms with Gasteiger partial charge in [0.15, 0.2) is 11.6 Å². The molecule has 9 nitrogen and oxygen atoms in total. The average Bonchev–Trinajstić information content (AvgIpc) is 2.82. The van der Waals surface area contributed by atoms with Crippen molar-refractivity contribution in [1.82, 2.24) is 30.0 Å². The first-order chi connectivity index (χ1) is 15.5. The Kier molecular flexibility index (Phi) is 5.24. The molecule has 3 aromatic rings. The van der Waals surface area contributed by atoms with Gasteiger partial charge in [0.05, 0.1) is 35.0 Å². The Morgan fingerprint density at radius 1 is 1.28 bits per heavy atom. The number of aromatic nitrogens is 5. The summed E-state index contributed by atoms with van der Waals surface area (Å²) in [5.74, 6) is 0.566. The van der Waals surface area contributed by atoms with Crippen LogP contribution in [0, 0.1) is 0 Å². The molecular formula is C22H26FN7O2. The van der Waals surface area contributed by atoms with Crippen LogP contribution in [0.15, 0.2) is 29.5 Å². The number of hydrogen-bond acceptors (Lipinski definition) is 8. The number of rotatable bonds is 4. The van der Waals surface area contributed by atoms with Crippen LogP contribution in [0.5, 0.6) is 5.75 Å². The number of halogens is 1. The van der Waals surface area contributed by atoms with Gasteiger partial charge in [-0.1, -0.05) is 6.42 Å². The van der Waals surface area contributed by atoms with Crippen molar-refractivity contribution in [2.45, 2.75) is 63.4 Å². The summed E-state index contributed by atoms with van der Waals surface area (Å²) in [6.07, 6.45) is 5.72. The van der Waals surface area contributed by atoms with E-state index >= 15 is 4.39 Å². The van der Waals surface area contributed by atoms with Crippen molar-refractivity contribution in [2.24, 2.45) is 0 Å². The van der Waals surface area contributed by atoms with E-state index in [4.69, 9.17) is 0 Å². The van der Waals surface area contributed by atoms with Crippen LogP contribution in [-0.2, 0) is 6.54 Å². The first kappa shape index (κ1) is 20.7. The van der Waals surface area contributed by atoms with Gasteiger partial charge in [0.25, 0.3) is 5.56 Å². The Hall–Kier alpha value is -3.14. The van der Waals surface area contributed by atoms with Gasteiger partial charge in [-0.15, -0.1) is 10.2 Å². The first-order valence-electron chi connectivity index (χ1n) is 11.0. The number of alkyl halides is 1. The number of aryl methyl sites for hydroxylation is 1. The van der Waals surface area contributed by atoms with E-state index in [1.54, 1.807) is 12.3 Å². The van der Waals surface area contributed by atoms with E-state index in [1.165, 1.54) is 17.0 Å². The van der Waals surface area contributed by atoms with Gasteiger partial charge in [-0.25, -0.2) is 14.4 Å². The summed E-state index contributed by atoms with van der Waals surface area (Å²) in [7, 11) is 1.82. The lowest BCUT2D eigenvalue weighted by atomic mass is 9.82. The van der Waals surface area contributed by atoms with Crippen molar-refractivity contribution in [1.29, 1.82) is 0 Å². The number of piperidine rings is 2. The molecule has 5 rings (SSSR count). The number of hydrogen-bond donors (Lipinski definition) is 2. The van der Waals surface area contributed by atoms with Crippen LogP contribution in [0.1, 0.15) is 32.6 Å². The molecule has 4 heterocycles. The SMILES string of the molecule is CCn1cnc2cc(-c3ncc(N(C)[C@H]4CC5CCCC(N5)[C@H]4F)nn3)c(O)cc2c1=O. The summed E-state index contributed by atoms with van der Waals surface area (Å²) in [5, 5.41) is 22.7. The zero-order valence-electron chi connectivity index (χ0n) is 18.1. The summed E-state index contributed by atoms with van der Waals surface area (Å²) in [4.78, 5) is 22.9. The molecule has 0 saturated carbocycles. The van der Waals surface area contributed by atoms with E-state index in [1.807, 2.05) is 18.9 Å². The van der Waals surface area contributed by atoms with Crippen LogP contribution in [-0.4, -0.2) is 61.2 Å². The lowest BCUT2D eigenvalue weighted by Gasteiger charge is -2.45. The van der Waals surface area contributed by atoms with Gasteiger partial charge in [0.1, 0.15) is 11.9 Å². The lowest BCUT2D eigenvalue weighted by molar-refractivity contribution is 0.107. The normalized spacial score (nSPS) is 25.1. The molecule has 0 radical (unpaired) electrons. The van der Waals surface area contributed by atoms with Crippen molar-refractivity contribution in [3.05, 3.63) is 35.0 Å². The van der Waals surface area contributed by atoms with Gasteiger partial charge >= 0.3 is 0 Å². The van der Waals surface area contributed by atoms with Gasteiger partial charge in [0.2, 0.25) is 0 Å². The minimum atomic E-state index is -0.985. The zero-order chi connectivity index (χ0) is 22.4. The van der Waals surface area contributed by atoms with Gasteiger partial charge in [-0.2, -0.15) is 0 Å². The molecule has 0 aliphatic carbocycles. The number of phenols is 1. The van der Waals surface area contributed by atoms with Crippen LogP contribution in [0.4, 0.5) is 10.2 Å². The highest BCUT2D eigenvalue weighted by Crippen LogP contribution is 2.33. The molecule has 2 unspecified atom stereocenters. The number of anilines is 1. The summed E-state index contributed by atoms with van der Waals surface area (Å²) < 4.78 is 16.5. The highest BCUT2D eigenvalue weighted by molar-refractivity contribution is 5.85. The fraction of sp³-hybridized carbons (Fsp3) is 0.500. The third-order valence-electron chi connectivity index (χ3n) is 6.73. The maximum absolute atomic E-state index is 15.0. The van der Waals surface area contributed by atoms with E-state index in [9.17, 15) is 9.90 Å². The average molecular weight is 439 g/mol. The summed E-state index contributed by atoms with van der Waals surface area (Å²) in [6, 6.07) is 2.89. The van der Waals surface area contributed by atoms with Crippen LogP contribution in [0.2, 0.25) is 0 Å². The highest BCUT2D eigenvalue weighted by Gasteiger charge is 2.42. The number of aromatic hydroxyl groups is 1. The Morgan fingerprint density at radius 2 is 2.12 bits per heavy atom. The van der Waals surface area contributed by atoms with Crippen molar-refractivity contribution in [3.63, 3.8) is 0 Å². The van der Waals surface area contributed by atoms with Crippen molar-refractivity contribution in [2.75, 3.05) is 11.9 Å². The van der Waals surface area contributed by atoms with Crippen LogP contribution >= 0.6 is 0 Å². The number of nitrogens with one attached hydrogen (secondary N) is 1. The zero-order valence-corrected chi connectivity index (χ0v) is 18.1. The van der Waals surface area contributed by atoms with Crippen molar-refractivity contribution in [3.8, 4) is 17.1 Å². The van der Waals surface area contributed by atoms with Crippen LogP contribution in [0.25, 0.3) is 22.3 Å². The molecule has 2 N–H and O–H groups in total. The molecule has 0 spiro atoms. The van der Waals surface area contributed by atoms with E-state index in [2.05, 4.69) is 25.5 Å². The van der Waals surface area contributed by atoms with E-state index in [0.717, 1.165) is 19.3 Å². The molecule has 2 saturated heterocycles. The van der Waals surface area contributed by atoms with Crippen molar-refractivity contribution >= 4 is 16.7 Å². The first-order valence-corrected chi connectivity index (χ1v) is 11.0. The second-order valence-corrected chi connectivity index (χ2v) is 8.62. The highest BCUT2D eigenvalue weighted by atomic mass is 19.1. The molecule has 0 amide bonds. The Bertz CT molecular complexity index is 1200. The fourth-order valence-corrected chi connectivity index (χ4v) is 4.87. The van der Waals surface area contributed by atoms with E-state index in [-0.39, 0.29) is 29.2 Å². The van der Waals surface area contributed by atoms with Gasteiger partial charge in [-0.3, -0.25) is 9.36 Å². The van der Waals surface area contributed by atoms with Gasteiger partial charge < -0.3 is 15.3 Å². The van der Waals surface area contributed by atoms with Crippen molar-refractivity contribution < 1.29 is 9.50 Å². The number of phenolic OH excluding ortho intramolecular Hbond substituents is 1. The monoisotopic (exact) mass is 439 g/mol. The summed E-state index contributed by atoms with van der Waals surface area (Å²) in [5.41, 5.74) is 0.557. The maximum Gasteiger partial charge on any atom is 0.261 e. The molecule has 2 fully saturated rings. The molecular weight excluding hydrogens is 413 g/mol. The minimum absolute atomic E-state index is 0.116. The molecule has 2 aliphatic heterocycles. The van der Waals surface area contributed by atoms with Gasteiger partial charge in [-0.05, 0) is 38.3 Å². The topological polar surface area (TPSA) is 109 Å². The molecule has 2 aliphatic rings. The van der Waals surface area contributed by atoms with Gasteiger partial charge in [0, 0.05) is 25.7 Å². The molecule has 2 bridgehead atoms. The van der Waals surface area contributed by atoms with E-state index < -0.39 is 6.17 Å². The Morgan fingerprint density at radius 3 is 2.88 bits per heavy atom. The second kappa shape index (κ2) is 8.09. The summed E-state index contributed by atoms with van der Waals surface area (Å²) >= 11 is 0. The predicted octanol–water partition coefficient (Wildman–Crippen LogP) is 2.03. The quantitative estimate of drug-likeness (QED) is 0.636. The molecule has 168 valence electrons. The Balaban J connectivity index is 1.43. The molecule has 4 atom stereocenters. The molecule has 32 heavy (non-hydrogen) atoms. The van der Waals surface area contributed by atoms with E-state index in [0.29, 0.717) is 41.3 Å². The third kappa shape index (κ3) is 3.48. The minimum Gasteiger partial charge on any atom is -0.507 e. The molecule has 1 aromatic carbocycles. The second-order valence-electron chi connectivity index (χ2n) is 8.62. The largest absolute Gasteiger partial charge is 0.507 e.